The summed E-state index contributed by atoms with van der Waals surface area (Å²) in [6.07, 6.45) is 3.18. The second-order valence-electron chi connectivity index (χ2n) is 11.9. The normalized spacial score (nSPS) is 21.1. The number of anilines is 2. The number of nitrogens with zero attached hydrogens (tertiary/aromatic N) is 6. The molecule has 42 heavy (non-hydrogen) atoms. The summed E-state index contributed by atoms with van der Waals surface area (Å²) in [5, 5.41) is 5.47. The van der Waals surface area contributed by atoms with E-state index >= 15 is 0 Å². The third-order valence-corrected chi connectivity index (χ3v) is 9.28. The predicted molar refractivity (Wildman–Crippen MR) is 169 cm³/mol. The summed E-state index contributed by atoms with van der Waals surface area (Å²) in [4.78, 5) is 31.8. The average Bonchev–Trinajstić information content (AvgIpc) is 3.42. The number of carbonyl (C=O) groups is 1. The number of carbonyl (C=O) groups excluding carboxylic acids is 1. The lowest BCUT2D eigenvalue weighted by Crippen LogP contribution is -2.57. The highest BCUT2D eigenvalue weighted by Crippen LogP contribution is 2.36. The molecule has 0 unspecified atom stereocenters. The second-order valence-corrected chi connectivity index (χ2v) is 12.3. The van der Waals surface area contributed by atoms with E-state index in [1.165, 1.54) is 34.0 Å². The third kappa shape index (κ3) is 5.81. The van der Waals surface area contributed by atoms with E-state index in [2.05, 4.69) is 77.3 Å². The number of nitrogens with one attached hydrogen (secondary N) is 1. The van der Waals surface area contributed by atoms with Gasteiger partial charge in [0.2, 0.25) is 0 Å². The quantitative estimate of drug-likeness (QED) is 0.407. The summed E-state index contributed by atoms with van der Waals surface area (Å²) in [5.41, 5.74) is 4.75. The Morgan fingerprint density at radius 3 is 2.69 bits per heavy atom. The van der Waals surface area contributed by atoms with E-state index in [9.17, 15) is 4.79 Å². The highest BCUT2D eigenvalue weighted by molar-refractivity contribution is 6.18. The molecule has 1 N–H and O–H groups in total. The molecule has 10 heteroatoms. The molecule has 0 bridgehead atoms. The molecule has 2 amide bonds. The maximum absolute atomic E-state index is 12.7. The number of halogens is 1. The van der Waals surface area contributed by atoms with Gasteiger partial charge in [0.25, 0.3) is 0 Å². The van der Waals surface area contributed by atoms with E-state index < -0.39 is 0 Å². The fourth-order valence-corrected chi connectivity index (χ4v) is 6.85. The van der Waals surface area contributed by atoms with Gasteiger partial charge in [0.05, 0.1) is 12.2 Å². The van der Waals surface area contributed by atoms with Gasteiger partial charge in [-0.2, -0.15) is 9.97 Å². The van der Waals surface area contributed by atoms with Gasteiger partial charge in [-0.3, -0.25) is 0 Å². The summed E-state index contributed by atoms with van der Waals surface area (Å²) < 4.78 is 6.32. The van der Waals surface area contributed by atoms with Gasteiger partial charge >= 0.3 is 12.0 Å². The largest absolute Gasteiger partial charge is 0.462 e. The molecule has 2 atom stereocenters. The number of amides is 2. The van der Waals surface area contributed by atoms with Crippen LogP contribution in [0.25, 0.3) is 10.8 Å². The Labute approximate surface area is 253 Å². The van der Waals surface area contributed by atoms with Gasteiger partial charge in [-0.15, -0.1) is 11.6 Å². The maximum atomic E-state index is 12.7. The maximum Gasteiger partial charge on any atom is 0.318 e. The Kier molecular flexibility index (Phi) is 8.58. The molecule has 3 aromatic rings. The van der Waals surface area contributed by atoms with Crippen LogP contribution in [0.4, 0.5) is 16.3 Å². The van der Waals surface area contributed by atoms with Crippen molar-refractivity contribution in [2.24, 2.45) is 0 Å². The van der Waals surface area contributed by atoms with Crippen LogP contribution in [0.3, 0.4) is 0 Å². The zero-order valence-corrected chi connectivity index (χ0v) is 25.7. The van der Waals surface area contributed by atoms with Crippen molar-refractivity contribution in [3.05, 3.63) is 53.2 Å². The lowest BCUT2D eigenvalue weighted by Gasteiger charge is -2.41. The molecular formula is C32H42ClN7O2. The predicted octanol–water partition coefficient (Wildman–Crippen LogP) is 4.43. The van der Waals surface area contributed by atoms with Crippen molar-refractivity contribution in [2.45, 2.75) is 51.7 Å². The Balaban J connectivity index is 1.29. The number of fused-ring (bicyclic) bond motifs is 2. The number of aromatic nitrogens is 2. The van der Waals surface area contributed by atoms with Gasteiger partial charge in [0.1, 0.15) is 12.4 Å². The van der Waals surface area contributed by atoms with Gasteiger partial charge in [0.15, 0.2) is 0 Å². The molecule has 0 saturated carbocycles. The van der Waals surface area contributed by atoms with Crippen molar-refractivity contribution in [2.75, 3.05) is 68.6 Å². The van der Waals surface area contributed by atoms with Crippen LogP contribution in [-0.2, 0) is 13.0 Å². The number of piperazine rings is 1. The number of hydrogen-bond acceptors (Lipinski definition) is 7. The van der Waals surface area contributed by atoms with Crippen LogP contribution in [0, 0.1) is 6.92 Å². The molecule has 3 aliphatic heterocycles. The Morgan fingerprint density at radius 1 is 1.10 bits per heavy atom. The minimum atomic E-state index is -0.0572. The first-order valence-electron chi connectivity index (χ1n) is 15.2. The van der Waals surface area contributed by atoms with Gasteiger partial charge in [-0.1, -0.05) is 30.3 Å². The number of benzene rings is 2. The average molecular weight is 592 g/mol. The number of hydrogen-bond donors (Lipinski definition) is 1. The number of likely N-dealkylation sites (N-methyl/N-ethyl adjacent to an activating group) is 1. The van der Waals surface area contributed by atoms with Crippen LogP contribution in [0.2, 0.25) is 0 Å². The molecule has 1 aromatic heterocycles. The lowest BCUT2D eigenvalue weighted by molar-refractivity contribution is 0.171. The van der Waals surface area contributed by atoms with Crippen LogP contribution in [-0.4, -0.2) is 96.7 Å². The zero-order chi connectivity index (χ0) is 29.2. The van der Waals surface area contributed by atoms with E-state index in [0.717, 1.165) is 37.4 Å². The first-order valence-corrected chi connectivity index (χ1v) is 15.8. The molecule has 4 heterocycles. The Bertz CT molecular complexity index is 1430. The number of urea groups is 1. The number of ether oxygens (including phenoxy) is 1. The molecular weight excluding hydrogens is 550 g/mol. The minimum Gasteiger partial charge on any atom is -0.462 e. The molecule has 2 aromatic carbocycles. The van der Waals surface area contributed by atoms with Crippen molar-refractivity contribution in [1.82, 2.24) is 25.1 Å². The highest BCUT2D eigenvalue weighted by atomic mass is 35.5. The van der Waals surface area contributed by atoms with Gasteiger partial charge in [0, 0.05) is 67.3 Å². The lowest BCUT2D eigenvalue weighted by atomic mass is 9.99. The molecule has 9 nitrogen and oxygen atoms in total. The third-order valence-electron chi connectivity index (χ3n) is 9.09. The molecule has 0 aliphatic carbocycles. The van der Waals surface area contributed by atoms with E-state index in [-0.39, 0.29) is 12.1 Å². The van der Waals surface area contributed by atoms with Gasteiger partial charge in [-0.25, -0.2) is 4.79 Å². The molecule has 2 saturated heterocycles. The SMILES string of the molecule is Cc1cccc2cccc(N3CCc4c(nc(OC[C@@H]5CCCN5C)nc4N4CCN(C(=O)NCCCl)[C@@H](C)C4)C3)c12. The number of likely N-dealkylation sites (tertiary alicyclic amines) is 1. The molecule has 6 rings (SSSR count). The van der Waals surface area contributed by atoms with E-state index in [0.29, 0.717) is 57.3 Å². The zero-order valence-electron chi connectivity index (χ0n) is 25.0. The van der Waals surface area contributed by atoms with Crippen LogP contribution in [0.5, 0.6) is 6.01 Å². The molecule has 0 spiro atoms. The number of alkyl halides is 1. The van der Waals surface area contributed by atoms with Crippen LogP contribution >= 0.6 is 11.6 Å². The van der Waals surface area contributed by atoms with Crippen molar-refractivity contribution in [3.8, 4) is 6.01 Å². The molecule has 224 valence electrons. The summed E-state index contributed by atoms with van der Waals surface area (Å²) in [6, 6.07) is 13.9. The second kappa shape index (κ2) is 12.5. The fourth-order valence-electron chi connectivity index (χ4n) is 6.76. The summed E-state index contributed by atoms with van der Waals surface area (Å²) >= 11 is 5.79. The topological polar surface area (TPSA) is 77.1 Å². The Morgan fingerprint density at radius 2 is 1.93 bits per heavy atom. The molecule has 3 aliphatic rings. The first kappa shape index (κ1) is 28.8. The van der Waals surface area contributed by atoms with Crippen LogP contribution < -0.4 is 19.9 Å². The van der Waals surface area contributed by atoms with Crippen molar-refractivity contribution in [3.63, 3.8) is 0 Å². The summed E-state index contributed by atoms with van der Waals surface area (Å²) in [7, 11) is 2.16. The first-order chi connectivity index (χ1) is 20.4. The summed E-state index contributed by atoms with van der Waals surface area (Å²) in [6.45, 7) is 10.1. The fraction of sp³-hybridized carbons (Fsp3) is 0.531. The summed E-state index contributed by atoms with van der Waals surface area (Å²) in [5.74, 6) is 1.36. The van der Waals surface area contributed by atoms with Crippen LogP contribution in [0.1, 0.15) is 36.6 Å². The monoisotopic (exact) mass is 591 g/mol. The van der Waals surface area contributed by atoms with E-state index in [1.54, 1.807) is 0 Å². The number of rotatable bonds is 7. The van der Waals surface area contributed by atoms with Gasteiger partial charge in [-0.05, 0) is 63.7 Å². The van der Waals surface area contributed by atoms with Gasteiger partial charge < -0.3 is 29.7 Å². The highest BCUT2D eigenvalue weighted by Gasteiger charge is 2.32. The smallest absolute Gasteiger partial charge is 0.318 e. The molecule has 0 radical (unpaired) electrons. The molecule has 2 fully saturated rings. The Hall–Kier alpha value is -3.30. The van der Waals surface area contributed by atoms with Crippen molar-refractivity contribution in [1.29, 1.82) is 0 Å². The van der Waals surface area contributed by atoms with E-state index in [4.69, 9.17) is 26.3 Å². The minimum absolute atomic E-state index is 0.0370. The number of aryl methyl sites for hydroxylation is 1. The van der Waals surface area contributed by atoms with Crippen molar-refractivity contribution < 1.29 is 9.53 Å². The van der Waals surface area contributed by atoms with Crippen LogP contribution in [0.15, 0.2) is 36.4 Å². The van der Waals surface area contributed by atoms with E-state index in [1.807, 2.05) is 4.90 Å². The van der Waals surface area contributed by atoms with Crippen molar-refractivity contribution >= 4 is 39.9 Å². The standard InChI is InChI=1S/C32H42ClN7O2/c1-22-7-4-8-24-9-5-11-28(29(22)24)38-16-12-26-27(20-38)35-31(42-21-25-10-6-15-37(25)3)36-30(26)39-17-18-40(23(2)19-39)32(41)34-14-13-33/h4-5,7-9,11,23,25H,6,10,12-21H2,1-3H3,(H,34,41)/t23-,25-/m0/s1.